The fraction of sp³-hybridized carbons (Fsp3) is 0.192. The van der Waals surface area contributed by atoms with Gasteiger partial charge in [-0.15, -0.1) is 23.7 Å². The number of nitrogens with zero attached hydrogens (tertiary/aromatic N) is 2. The monoisotopic (exact) mass is 507 g/mol. The number of anilines is 1. The second-order valence-corrected chi connectivity index (χ2v) is 9.39. The molecule has 1 aliphatic heterocycles. The molecular formula is C26H26ClN5O2S. The molecule has 2 amide bonds. The summed E-state index contributed by atoms with van der Waals surface area (Å²) in [5, 5.41) is 13.3. The van der Waals surface area contributed by atoms with Gasteiger partial charge in [0.1, 0.15) is 0 Å². The quantitative estimate of drug-likeness (QED) is 0.355. The van der Waals surface area contributed by atoms with Crippen LogP contribution in [0.2, 0.25) is 0 Å². The minimum absolute atomic E-state index is 0. The average molecular weight is 508 g/mol. The number of thiophene rings is 1. The molecular weight excluding hydrogens is 482 g/mol. The molecule has 4 N–H and O–H groups in total. The number of aryl methyl sites for hydroxylation is 1. The third kappa shape index (κ3) is 5.14. The Labute approximate surface area is 213 Å². The number of rotatable bonds is 5. The van der Waals surface area contributed by atoms with E-state index >= 15 is 0 Å². The van der Waals surface area contributed by atoms with E-state index in [0.29, 0.717) is 29.2 Å². The highest BCUT2D eigenvalue weighted by Crippen LogP contribution is 2.26. The number of benzene rings is 2. The minimum atomic E-state index is -0.194. The Bertz CT molecular complexity index is 1410. The van der Waals surface area contributed by atoms with Crippen molar-refractivity contribution in [3.05, 3.63) is 81.2 Å². The summed E-state index contributed by atoms with van der Waals surface area (Å²) < 4.78 is 0. The number of halogens is 1. The number of hydrogen-bond acceptors (Lipinski definition) is 5. The number of likely N-dealkylation sites (tertiary alicyclic amines) is 1. The van der Waals surface area contributed by atoms with Gasteiger partial charge in [-0.2, -0.15) is 5.10 Å². The lowest BCUT2D eigenvalue weighted by molar-refractivity contribution is 0.0790. The first-order valence-corrected chi connectivity index (χ1v) is 12.0. The Hall–Kier alpha value is -3.46. The molecule has 1 fully saturated rings. The first-order valence-electron chi connectivity index (χ1n) is 11.1. The molecule has 3 heterocycles. The van der Waals surface area contributed by atoms with Gasteiger partial charge in [-0.3, -0.25) is 14.7 Å². The molecule has 0 saturated carbocycles. The van der Waals surface area contributed by atoms with Crippen molar-refractivity contribution < 1.29 is 9.59 Å². The first kappa shape index (κ1) is 24.7. The van der Waals surface area contributed by atoms with Crippen LogP contribution in [-0.2, 0) is 0 Å². The zero-order valence-corrected chi connectivity index (χ0v) is 20.8. The molecule has 2 aromatic carbocycles. The number of nitrogens with one attached hydrogen (secondary N) is 2. The average Bonchev–Trinajstić information content (AvgIpc) is 3.57. The number of fused-ring (bicyclic) bond motifs is 1. The lowest BCUT2D eigenvalue weighted by atomic mass is 10.1. The van der Waals surface area contributed by atoms with Crippen LogP contribution in [0.25, 0.3) is 23.1 Å². The lowest BCUT2D eigenvalue weighted by Crippen LogP contribution is -2.31. The van der Waals surface area contributed by atoms with E-state index in [0.717, 1.165) is 34.1 Å². The smallest absolute Gasteiger partial charge is 0.266 e. The fourth-order valence-corrected chi connectivity index (χ4v) is 4.98. The van der Waals surface area contributed by atoms with Crippen LogP contribution in [0.3, 0.4) is 0 Å². The van der Waals surface area contributed by atoms with Crippen molar-refractivity contribution >= 4 is 64.3 Å². The van der Waals surface area contributed by atoms with Crippen LogP contribution < -0.4 is 11.1 Å². The van der Waals surface area contributed by atoms with Gasteiger partial charge in [0, 0.05) is 35.8 Å². The zero-order valence-electron chi connectivity index (χ0n) is 19.2. The minimum Gasteiger partial charge on any atom is -0.337 e. The first-order chi connectivity index (χ1) is 16.5. The second kappa shape index (κ2) is 10.4. The number of hydrogen-bond donors (Lipinski definition) is 3. The van der Waals surface area contributed by atoms with Crippen molar-refractivity contribution in [2.24, 2.45) is 5.73 Å². The summed E-state index contributed by atoms with van der Waals surface area (Å²) in [5.74, 6) is -0.273. The van der Waals surface area contributed by atoms with Crippen LogP contribution in [0.5, 0.6) is 0 Å². The maximum absolute atomic E-state index is 13.0. The number of aromatic amines is 1. The molecule has 2 aromatic heterocycles. The molecule has 0 spiro atoms. The van der Waals surface area contributed by atoms with Crippen LogP contribution >= 0.6 is 23.7 Å². The molecule has 7 nitrogen and oxygen atoms in total. The third-order valence-electron chi connectivity index (χ3n) is 6.05. The van der Waals surface area contributed by atoms with E-state index in [1.807, 2.05) is 60.9 Å². The van der Waals surface area contributed by atoms with Crippen molar-refractivity contribution in [2.75, 3.05) is 18.4 Å². The summed E-state index contributed by atoms with van der Waals surface area (Å²) in [6, 6.07) is 15.2. The second-order valence-electron chi connectivity index (χ2n) is 8.48. The van der Waals surface area contributed by atoms with Gasteiger partial charge in [0.2, 0.25) is 0 Å². The summed E-state index contributed by atoms with van der Waals surface area (Å²) in [6.45, 7) is 3.10. The predicted octanol–water partition coefficient (Wildman–Crippen LogP) is 4.95. The Morgan fingerprint density at radius 3 is 2.77 bits per heavy atom. The van der Waals surface area contributed by atoms with Gasteiger partial charge < -0.3 is 16.0 Å². The van der Waals surface area contributed by atoms with Gasteiger partial charge in [-0.05, 0) is 60.2 Å². The molecule has 4 aromatic rings. The Morgan fingerprint density at radius 2 is 2.03 bits per heavy atom. The van der Waals surface area contributed by atoms with E-state index < -0.39 is 0 Å². The summed E-state index contributed by atoms with van der Waals surface area (Å²) in [6.07, 6.45) is 4.60. The highest BCUT2D eigenvalue weighted by Gasteiger charge is 2.25. The highest BCUT2D eigenvalue weighted by atomic mass is 35.5. The largest absolute Gasteiger partial charge is 0.337 e. The summed E-state index contributed by atoms with van der Waals surface area (Å²) in [5.41, 5.74) is 10.5. The van der Waals surface area contributed by atoms with Crippen LogP contribution in [-0.4, -0.2) is 46.0 Å². The van der Waals surface area contributed by atoms with Crippen molar-refractivity contribution in [3.8, 4) is 0 Å². The van der Waals surface area contributed by atoms with Crippen LogP contribution in [0, 0.1) is 6.92 Å². The van der Waals surface area contributed by atoms with E-state index in [1.165, 1.54) is 11.3 Å². The molecule has 1 atom stereocenters. The van der Waals surface area contributed by atoms with E-state index in [4.69, 9.17) is 5.73 Å². The summed E-state index contributed by atoms with van der Waals surface area (Å²) in [4.78, 5) is 28.4. The van der Waals surface area contributed by atoms with Gasteiger partial charge in [0.25, 0.3) is 11.8 Å². The Kier molecular flexibility index (Phi) is 7.35. The van der Waals surface area contributed by atoms with Crippen molar-refractivity contribution in [3.63, 3.8) is 0 Å². The van der Waals surface area contributed by atoms with Gasteiger partial charge >= 0.3 is 0 Å². The number of carbonyl (C=O) groups excluding carboxylic acids is 2. The third-order valence-corrected chi connectivity index (χ3v) is 7.06. The van der Waals surface area contributed by atoms with Crippen molar-refractivity contribution in [2.45, 2.75) is 19.4 Å². The SMILES string of the molecule is Cc1ccsc1C(=O)Nc1cc(C(=O)N2CCC(N)C2)ccc1C=Cc1n[nH]c2ccccc12.Cl. The molecule has 0 bridgehead atoms. The number of para-hydroxylation sites is 1. The molecule has 1 saturated heterocycles. The molecule has 0 aliphatic carbocycles. The molecule has 5 rings (SSSR count). The maximum atomic E-state index is 13.0. The van der Waals surface area contributed by atoms with Gasteiger partial charge in [0.15, 0.2) is 0 Å². The normalized spacial score (nSPS) is 15.5. The number of carbonyl (C=O) groups is 2. The molecule has 1 aliphatic rings. The number of H-pyrrole nitrogens is 1. The lowest BCUT2D eigenvalue weighted by Gasteiger charge is -2.17. The van der Waals surface area contributed by atoms with E-state index in [2.05, 4.69) is 15.5 Å². The van der Waals surface area contributed by atoms with E-state index in [9.17, 15) is 9.59 Å². The molecule has 0 radical (unpaired) electrons. The Morgan fingerprint density at radius 1 is 1.20 bits per heavy atom. The van der Waals surface area contributed by atoms with Crippen LogP contribution in [0.15, 0.2) is 53.9 Å². The van der Waals surface area contributed by atoms with Gasteiger partial charge in [-0.1, -0.05) is 30.3 Å². The summed E-state index contributed by atoms with van der Waals surface area (Å²) >= 11 is 1.39. The molecule has 1 unspecified atom stereocenters. The fourth-order valence-electron chi connectivity index (χ4n) is 4.16. The number of aromatic nitrogens is 2. The van der Waals surface area contributed by atoms with Crippen LogP contribution in [0.1, 0.15) is 43.3 Å². The molecule has 180 valence electrons. The van der Waals surface area contributed by atoms with Crippen LogP contribution in [0.4, 0.5) is 5.69 Å². The number of nitrogens with two attached hydrogens (primary N) is 1. The van der Waals surface area contributed by atoms with Gasteiger partial charge in [0.05, 0.1) is 16.1 Å². The van der Waals surface area contributed by atoms with Crippen molar-refractivity contribution in [1.29, 1.82) is 0 Å². The topological polar surface area (TPSA) is 104 Å². The Balaban J connectivity index is 0.00000289. The predicted molar refractivity (Wildman–Crippen MR) is 144 cm³/mol. The van der Waals surface area contributed by atoms with E-state index in [-0.39, 0.29) is 30.3 Å². The highest BCUT2D eigenvalue weighted by molar-refractivity contribution is 7.12. The number of amides is 2. The zero-order chi connectivity index (χ0) is 23.7. The van der Waals surface area contributed by atoms with Gasteiger partial charge in [-0.25, -0.2) is 0 Å². The summed E-state index contributed by atoms with van der Waals surface area (Å²) in [7, 11) is 0. The molecule has 9 heteroatoms. The van der Waals surface area contributed by atoms with Crippen molar-refractivity contribution in [1.82, 2.24) is 15.1 Å². The van der Waals surface area contributed by atoms with E-state index in [1.54, 1.807) is 17.0 Å². The maximum Gasteiger partial charge on any atom is 0.266 e. The standard InChI is InChI=1S/C26H25N5O2S.ClH/c1-16-11-13-34-24(16)25(32)28-23-14-18(26(33)31-12-10-19(27)15-31)7-6-17(23)8-9-22-20-4-2-3-5-21(20)29-30-22;/h2-9,11,13-14,19H,10,12,15,27H2,1H3,(H,28,32)(H,29,30);1H. The molecule has 35 heavy (non-hydrogen) atoms.